The topological polar surface area (TPSA) is 0 Å². The third-order valence-electron chi connectivity index (χ3n) is 3.15. The van der Waals surface area contributed by atoms with E-state index >= 15 is 0 Å². The number of benzene rings is 2. The molecule has 0 aliphatic carbocycles. The SMILES string of the molecule is C[CH]=[Lu][Cl].c1ccc2[cH-]ccc2c1.c1ccc2[cH-]ccc2c1. The van der Waals surface area contributed by atoms with Gasteiger partial charge in [-0.25, -0.2) is 0 Å². The van der Waals surface area contributed by atoms with Crippen LogP contribution in [0.5, 0.6) is 0 Å². The van der Waals surface area contributed by atoms with Gasteiger partial charge in [0, 0.05) is 0 Å². The van der Waals surface area contributed by atoms with Crippen molar-refractivity contribution in [3.05, 3.63) is 84.9 Å². The summed E-state index contributed by atoms with van der Waals surface area (Å²) in [5.41, 5.74) is 0. The van der Waals surface area contributed by atoms with E-state index in [2.05, 4.69) is 84.9 Å². The van der Waals surface area contributed by atoms with Crippen molar-refractivity contribution in [3.8, 4) is 0 Å². The molecule has 4 rings (SSSR count). The van der Waals surface area contributed by atoms with Gasteiger partial charge in [-0.15, -0.1) is 59.3 Å². The second-order valence-corrected chi connectivity index (χ2v) is 6.67. The molecule has 0 aliphatic rings. The average Bonchev–Trinajstić information content (AvgIpc) is 3.24. The molecule has 0 aliphatic heterocycles. The van der Waals surface area contributed by atoms with Crippen molar-refractivity contribution >= 4 is 30.3 Å². The molecule has 0 N–H and O–H groups in total. The summed E-state index contributed by atoms with van der Waals surface area (Å²) in [7, 11) is 0. The molecule has 4 aromatic rings. The molecule has 0 bridgehead atoms. The van der Waals surface area contributed by atoms with E-state index in [1.54, 1.807) is 0 Å². The Labute approximate surface area is 152 Å². The summed E-state index contributed by atoms with van der Waals surface area (Å²) in [6, 6.07) is 29.3. The zero-order valence-electron chi connectivity index (χ0n) is 12.3. The van der Waals surface area contributed by atoms with Gasteiger partial charge in [0.2, 0.25) is 0 Å². The van der Waals surface area contributed by atoms with Crippen LogP contribution in [0.25, 0.3) is 21.5 Å². The van der Waals surface area contributed by atoms with Crippen LogP contribution in [0, 0.1) is 31.0 Å². The number of rotatable bonds is 0. The fraction of sp³-hybridized carbons (Fsp3) is 0.0500. The summed E-state index contributed by atoms with van der Waals surface area (Å²) < 4.78 is 1.93. The molecular weight excluding hydrogens is 451 g/mol. The molecule has 0 saturated heterocycles. The molecule has 0 radical (unpaired) electrons. The molecule has 0 unspecified atom stereocenters. The van der Waals surface area contributed by atoms with E-state index in [-0.39, 0.29) is 0 Å². The summed E-state index contributed by atoms with van der Waals surface area (Å²) in [5, 5.41) is 5.32. The minimum atomic E-state index is 0.398. The van der Waals surface area contributed by atoms with E-state index in [9.17, 15) is 0 Å². The third-order valence-corrected chi connectivity index (χ3v) is 4.35. The van der Waals surface area contributed by atoms with Crippen molar-refractivity contribution < 1.29 is 31.0 Å². The Bertz CT molecular complexity index is 693. The summed E-state index contributed by atoms with van der Waals surface area (Å²) in [5.74, 6) is 0. The van der Waals surface area contributed by atoms with E-state index in [4.69, 9.17) is 6.55 Å². The second kappa shape index (κ2) is 9.95. The predicted octanol–water partition coefficient (Wildman–Crippen LogP) is 6.16. The first kappa shape index (κ1) is 17.4. The average molecular weight is 469 g/mol. The molecule has 0 fully saturated rings. The maximum atomic E-state index is 5.17. The van der Waals surface area contributed by atoms with Gasteiger partial charge in [0.25, 0.3) is 0 Å². The molecule has 0 nitrogen and oxygen atoms in total. The van der Waals surface area contributed by atoms with Crippen LogP contribution >= 0.6 is 6.55 Å². The Morgan fingerprint density at radius 3 is 1.55 bits per heavy atom. The van der Waals surface area contributed by atoms with E-state index in [1.165, 1.54) is 21.5 Å². The van der Waals surface area contributed by atoms with Gasteiger partial charge in [-0.3, -0.25) is 0 Å². The maximum Gasteiger partial charge on any atom is -0.0809 e. The second-order valence-electron chi connectivity index (χ2n) is 4.51. The molecule has 22 heavy (non-hydrogen) atoms. The summed E-state index contributed by atoms with van der Waals surface area (Å²) in [6.45, 7) is 7.11. The number of fused-ring (bicyclic) bond motifs is 2. The van der Waals surface area contributed by atoms with Crippen LogP contribution in [0.1, 0.15) is 6.92 Å². The minimum absolute atomic E-state index is 0.398. The van der Waals surface area contributed by atoms with Gasteiger partial charge in [-0.05, 0) is 0 Å². The van der Waals surface area contributed by atoms with Crippen molar-refractivity contribution in [3.63, 3.8) is 0 Å². The fourth-order valence-corrected chi connectivity index (χ4v) is 2.14. The summed E-state index contributed by atoms with van der Waals surface area (Å²) >= 11 is 0.398. The van der Waals surface area contributed by atoms with Gasteiger partial charge >= 0.3 is 46.7 Å². The molecule has 0 aromatic heterocycles. The molecule has 0 atom stereocenters. The zero-order valence-corrected chi connectivity index (χ0v) is 14.7. The smallest absolute Gasteiger partial charge is 0.0809 e. The Kier molecular flexibility index (Phi) is 7.87. The molecule has 0 heterocycles. The molecule has 2 heteroatoms. The third kappa shape index (κ3) is 5.36. The van der Waals surface area contributed by atoms with E-state index in [0.717, 1.165) is 0 Å². The molecular formula is C20H18ClLu-2. The monoisotopic (exact) mass is 468 g/mol. The van der Waals surface area contributed by atoms with Crippen molar-refractivity contribution in [2.75, 3.05) is 0 Å². The van der Waals surface area contributed by atoms with E-state index in [0.29, 0.717) is 31.0 Å². The van der Waals surface area contributed by atoms with Gasteiger partial charge in [0.1, 0.15) is 0 Å². The minimum Gasteiger partial charge on any atom is -0.168 e. The van der Waals surface area contributed by atoms with Crippen LogP contribution in [0.2, 0.25) is 0 Å². The van der Waals surface area contributed by atoms with Gasteiger partial charge in [0.05, 0.1) is 0 Å². The first-order valence-electron chi connectivity index (χ1n) is 6.97. The first-order chi connectivity index (χ1) is 10.8. The molecule has 0 amide bonds. The van der Waals surface area contributed by atoms with Crippen molar-refractivity contribution in [1.82, 2.24) is 0 Å². The first-order valence-corrected chi connectivity index (χ1v) is 10.00. The maximum absolute atomic E-state index is 5.17. The van der Waals surface area contributed by atoms with Crippen LogP contribution < -0.4 is 0 Å². The van der Waals surface area contributed by atoms with Crippen LogP contribution in [0.4, 0.5) is 0 Å². The van der Waals surface area contributed by atoms with Gasteiger partial charge in [0.15, 0.2) is 0 Å². The summed E-state index contributed by atoms with van der Waals surface area (Å²) in [4.78, 5) is 0. The van der Waals surface area contributed by atoms with Crippen LogP contribution in [0.15, 0.2) is 84.9 Å². The zero-order chi connectivity index (χ0) is 15.6. The van der Waals surface area contributed by atoms with Crippen LogP contribution in [-0.2, 0) is 0 Å². The Morgan fingerprint density at radius 1 is 0.773 bits per heavy atom. The van der Waals surface area contributed by atoms with Gasteiger partial charge < -0.3 is 0 Å². The molecule has 4 aromatic carbocycles. The number of hydrogen-bond donors (Lipinski definition) is 0. The van der Waals surface area contributed by atoms with Crippen LogP contribution in [0.3, 0.4) is 0 Å². The standard InChI is InChI=1S/2C9H7.C2H4.ClH.Lu/c2*1-2-5-9-7-3-6-8(9)4-1;1-2;;/h2*1-7H;1H,2H3;1H;/q2*-1;;;+1/p-1. The van der Waals surface area contributed by atoms with Crippen molar-refractivity contribution in [2.45, 2.75) is 6.92 Å². The predicted molar refractivity (Wildman–Crippen MR) is 96.7 cm³/mol. The molecule has 0 spiro atoms. The van der Waals surface area contributed by atoms with E-state index in [1.807, 2.05) is 9.13 Å². The Morgan fingerprint density at radius 2 is 1.18 bits per heavy atom. The number of halogens is 1. The molecule has 122 valence electrons. The fourth-order valence-electron chi connectivity index (χ4n) is 2.14. The molecule has 0 saturated carbocycles. The van der Waals surface area contributed by atoms with E-state index < -0.39 is 0 Å². The van der Waals surface area contributed by atoms with Crippen molar-refractivity contribution in [1.29, 1.82) is 0 Å². The summed E-state index contributed by atoms with van der Waals surface area (Å²) in [6.07, 6.45) is 0. The largest absolute Gasteiger partial charge is 0.168 e. The van der Waals surface area contributed by atoms with Crippen molar-refractivity contribution in [2.24, 2.45) is 0 Å². The van der Waals surface area contributed by atoms with Gasteiger partial charge in [-0.1, -0.05) is 12.1 Å². The normalized spacial score (nSPS) is 10.8. The Balaban J connectivity index is 0.000000131. The Hall–Kier alpha value is -0.946. The quantitative estimate of drug-likeness (QED) is 0.271. The van der Waals surface area contributed by atoms with Crippen LogP contribution in [-0.4, -0.2) is 2.21 Å². The van der Waals surface area contributed by atoms with Gasteiger partial charge in [-0.2, -0.15) is 35.0 Å². The number of hydrogen-bond acceptors (Lipinski definition) is 0.